The molecule has 3 heterocycles. The lowest BCUT2D eigenvalue weighted by molar-refractivity contribution is 0.102. The summed E-state index contributed by atoms with van der Waals surface area (Å²) in [7, 11) is 0. The zero-order valence-corrected chi connectivity index (χ0v) is 16.6. The van der Waals surface area contributed by atoms with Crippen molar-refractivity contribution in [2.24, 2.45) is 0 Å². The summed E-state index contributed by atoms with van der Waals surface area (Å²) in [4.78, 5) is 16.9. The number of piperidine rings is 1. The predicted octanol–water partition coefficient (Wildman–Crippen LogP) is 2.28. The zero-order valence-electron chi connectivity index (χ0n) is 15.8. The SMILES string of the molecule is Cc1nc(-c2ccc(NC(=O)c3nnn(C4CCNCC4)c3C)cc2)n[nH]1.Cl. The summed E-state index contributed by atoms with van der Waals surface area (Å²) in [6, 6.07) is 7.69. The summed E-state index contributed by atoms with van der Waals surface area (Å²) in [6.07, 6.45) is 1.99. The molecule has 1 amide bonds. The van der Waals surface area contributed by atoms with Gasteiger partial charge in [0.15, 0.2) is 11.5 Å². The van der Waals surface area contributed by atoms with Gasteiger partial charge >= 0.3 is 0 Å². The van der Waals surface area contributed by atoms with Gasteiger partial charge in [-0.15, -0.1) is 17.5 Å². The number of rotatable bonds is 4. The first kappa shape index (κ1) is 20.0. The molecular formula is C18H23ClN8O. The van der Waals surface area contributed by atoms with Crippen LogP contribution >= 0.6 is 12.4 Å². The summed E-state index contributed by atoms with van der Waals surface area (Å²) in [5, 5.41) is 21.5. The number of aryl methyl sites for hydroxylation is 1. The molecule has 2 aromatic heterocycles. The highest BCUT2D eigenvalue weighted by Gasteiger charge is 2.23. The Kier molecular flexibility index (Phi) is 6.05. The number of aromatic amines is 1. The fourth-order valence-electron chi connectivity index (χ4n) is 3.31. The molecule has 28 heavy (non-hydrogen) atoms. The van der Waals surface area contributed by atoms with Crippen LogP contribution in [0.3, 0.4) is 0 Å². The van der Waals surface area contributed by atoms with Gasteiger partial charge in [-0.05, 0) is 64.0 Å². The maximum Gasteiger partial charge on any atom is 0.278 e. The summed E-state index contributed by atoms with van der Waals surface area (Å²) < 4.78 is 1.88. The number of anilines is 1. The Morgan fingerprint density at radius 2 is 1.89 bits per heavy atom. The molecule has 1 saturated heterocycles. The molecule has 0 bridgehead atoms. The molecule has 0 atom stereocenters. The molecule has 148 valence electrons. The standard InChI is InChI=1S/C18H22N8O.ClH/c1-11-16(23-25-26(11)15-7-9-19-10-8-15)18(27)21-14-5-3-13(4-6-14)17-20-12(2)22-24-17;/h3-6,15,19H,7-10H2,1-2H3,(H,21,27)(H,20,22,24);1H. The van der Waals surface area contributed by atoms with E-state index in [1.807, 2.05) is 42.8 Å². The number of hydrogen-bond acceptors (Lipinski definition) is 6. The summed E-state index contributed by atoms with van der Waals surface area (Å²) >= 11 is 0. The highest BCUT2D eigenvalue weighted by Crippen LogP contribution is 2.22. The van der Waals surface area contributed by atoms with Gasteiger partial charge in [0, 0.05) is 11.3 Å². The summed E-state index contributed by atoms with van der Waals surface area (Å²) in [5.41, 5.74) is 2.73. The molecular weight excluding hydrogens is 380 g/mol. The van der Waals surface area contributed by atoms with Crippen molar-refractivity contribution in [2.75, 3.05) is 18.4 Å². The van der Waals surface area contributed by atoms with Crippen LogP contribution in [0.15, 0.2) is 24.3 Å². The number of halogens is 1. The van der Waals surface area contributed by atoms with E-state index in [4.69, 9.17) is 0 Å². The lowest BCUT2D eigenvalue weighted by atomic mass is 10.1. The molecule has 0 radical (unpaired) electrons. The van der Waals surface area contributed by atoms with Crippen molar-refractivity contribution in [1.29, 1.82) is 0 Å². The van der Waals surface area contributed by atoms with Crippen molar-refractivity contribution in [1.82, 2.24) is 35.5 Å². The van der Waals surface area contributed by atoms with Crippen molar-refractivity contribution < 1.29 is 4.79 Å². The Morgan fingerprint density at radius 1 is 1.18 bits per heavy atom. The highest BCUT2D eigenvalue weighted by atomic mass is 35.5. The Balaban J connectivity index is 0.00000225. The first-order valence-corrected chi connectivity index (χ1v) is 9.05. The van der Waals surface area contributed by atoms with Gasteiger partial charge in [0.1, 0.15) is 5.82 Å². The van der Waals surface area contributed by atoms with E-state index in [-0.39, 0.29) is 18.3 Å². The molecule has 1 aliphatic heterocycles. The summed E-state index contributed by atoms with van der Waals surface area (Å²) in [6.45, 7) is 5.67. The van der Waals surface area contributed by atoms with E-state index >= 15 is 0 Å². The third kappa shape index (κ3) is 4.05. The quantitative estimate of drug-likeness (QED) is 0.617. The number of carbonyl (C=O) groups excluding carboxylic acids is 1. The number of nitrogens with one attached hydrogen (secondary N) is 3. The second-order valence-corrected chi connectivity index (χ2v) is 6.73. The first-order chi connectivity index (χ1) is 13.1. The smallest absolute Gasteiger partial charge is 0.278 e. The Labute approximate surface area is 168 Å². The number of benzene rings is 1. The van der Waals surface area contributed by atoms with Gasteiger partial charge in [-0.3, -0.25) is 9.89 Å². The minimum atomic E-state index is -0.255. The zero-order chi connectivity index (χ0) is 18.8. The third-order valence-corrected chi connectivity index (χ3v) is 4.80. The largest absolute Gasteiger partial charge is 0.321 e. The van der Waals surface area contributed by atoms with E-state index in [9.17, 15) is 4.79 Å². The van der Waals surface area contributed by atoms with Crippen molar-refractivity contribution in [3.8, 4) is 11.4 Å². The monoisotopic (exact) mass is 402 g/mol. The topological polar surface area (TPSA) is 113 Å². The molecule has 0 unspecified atom stereocenters. The molecule has 1 aromatic carbocycles. The van der Waals surface area contributed by atoms with Crippen LogP contribution in [0, 0.1) is 13.8 Å². The van der Waals surface area contributed by atoms with Crippen molar-refractivity contribution in [3.05, 3.63) is 41.5 Å². The van der Waals surface area contributed by atoms with Crippen LogP contribution in [0.5, 0.6) is 0 Å². The van der Waals surface area contributed by atoms with Crippen LogP contribution < -0.4 is 10.6 Å². The molecule has 9 nitrogen and oxygen atoms in total. The number of carbonyl (C=O) groups is 1. The van der Waals surface area contributed by atoms with Crippen LogP contribution in [0.2, 0.25) is 0 Å². The molecule has 1 fully saturated rings. The van der Waals surface area contributed by atoms with Crippen molar-refractivity contribution >= 4 is 24.0 Å². The Hall–Kier alpha value is -2.78. The molecule has 4 rings (SSSR count). The minimum Gasteiger partial charge on any atom is -0.321 e. The predicted molar refractivity (Wildman–Crippen MR) is 108 cm³/mol. The normalized spacial score (nSPS) is 14.5. The fourth-order valence-corrected chi connectivity index (χ4v) is 3.31. The lowest BCUT2D eigenvalue weighted by Gasteiger charge is -2.23. The number of hydrogen-bond donors (Lipinski definition) is 3. The van der Waals surface area contributed by atoms with Gasteiger partial charge in [-0.1, -0.05) is 5.21 Å². The molecule has 0 spiro atoms. The minimum absolute atomic E-state index is 0. The number of nitrogens with zero attached hydrogens (tertiary/aromatic N) is 5. The van der Waals surface area contributed by atoms with E-state index in [0.717, 1.165) is 43.0 Å². The lowest BCUT2D eigenvalue weighted by Crippen LogP contribution is -2.30. The van der Waals surface area contributed by atoms with Gasteiger partial charge in [-0.2, -0.15) is 5.10 Å². The molecule has 0 aliphatic carbocycles. The van der Waals surface area contributed by atoms with E-state index in [1.165, 1.54) is 0 Å². The molecule has 3 aromatic rings. The van der Waals surface area contributed by atoms with Crippen LogP contribution in [0.4, 0.5) is 5.69 Å². The van der Waals surface area contributed by atoms with Gasteiger partial charge in [0.05, 0.1) is 11.7 Å². The molecule has 10 heteroatoms. The van der Waals surface area contributed by atoms with Gasteiger partial charge < -0.3 is 10.6 Å². The average molecular weight is 403 g/mol. The highest BCUT2D eigenvalue weighted by molar-refractivity contribution is 6.03. The first-order valence-electron chi connectivity index (χ1n) is 9.05. The van der Waals surface area contributed by atoms with Crippen LogP contribution in [0.1, 0.15) is 40.9 Å². The fraction of sp³-hybridized carbons (Fsp3) is 0.389. The number of H-pyrrole nitrogens is 1. The number of aromatic nitrogens is 6. The number of amides is 1. The van der Waals surface area contributed by atoms with Gasteiger partial charge in [-0.25, -0.2) is 9.67 Å². The maximum absolute atomic E-state index is 12.6. The average Bonchev–Trinajstić information content (AvgIpc) is 3.29. The second kappa shape index (κ2) is 8.49. The molecule has 0 saturated carbocycles. The second-order valence-electron chi connectivity index (χ2n) is 6.73. The third-order valence-electron chi connectivity index (χ3n) is 4.80. The van der Waals surface area contributed by atoms with Crippen molar-refractivity contribution in [3.63, 3.8) is 0 Å². The van der Waals surface area contributed by atoms with Crippen LogP contribution in [-0.2, 0) is 0 Å². The van der Waals surface area contributed by atoms with Gasteiger partial charge in [0.2, 0.25) is 0 Å². The Bertz CT molecular complexity index is 943. The molecule has 1 aliphatic rings. The van der Waals surface area contributed by atoms with Crippen LogP contribution in [0.25, 0.3) is 11.4 Å². The summed E-state index contributed by atoms with van der Waals surface area (Å²) in [5.74, 6) is 1.13. The van der Waals surface area contributed by atoms with E-state index < -0.39 is 0 Å². The van der Waals surface area contributed by atoms with Crippen molar-refractivity contribution in [2.45, 2.75) is 32.7 Å². The van der Waals surface area contributed by atoms with E-state index in [2.05, 4.69) is 36.1 Å². The van der Waals surface area contributed by atoms with E-state index in [1.54, 1.807) is 0 Å². The van der Waals surface area contributed by atoms with Gasteiger partial charge in [0.25, 0.3) is 5.91 Å². The van der Waals surface area contributed by atoms with Crippen LogP contribution in [-0.4, -0.2) is 49.2 Å². The van der Waals surface area contributed by atoms with E-state index in [0.29, 0.717) is 23.2 Å². The Morgan fingerprint density at radius 3 is 2.54 bits per heavy atom. The molecule has 3 N–H and O–H groups in total. The maximum atomic E-state index is 12.6.